The predicted octanol–water partition coefficient (Wildman–Crippen LogP) is 0.276. The predicted molar refractivity (Wildman–Crippen MR) is 88.7 cm³/mol. The number of carbonyl (C=O) groups excluding carboxylic acids is 1. The summed E-state index contributed by atoms with van der Waals surface area (Å²) < 4.78 is 8.08. The molecule has 2 aromatic heterocycles. The summed E-state index contributed by atoms with van der Waals surface area (Å²) >= 11 is 1.53. The molecule has 0 spiro atoms. The van der Waals surface area contributed by atoms with Crippen molar-refractivity contribution in [3.8, 4) is 0 Å². The largest absolute Gasteiger partial charge is 0.383 e. The van der Waals surface area contributed by atoms with Crippen LogP contribution in [0.4, 0.5) is 0 Å². The topological polar surface area (TPSA) is 82.2 Å². The second kappa shape index (κ2) is 7.27. The number of thiazole rings is 1. The number of aromatic nitrogens is 4. The first-order chi connectivity index (χ1) is 11.6. The number of fused-ring (bicyclic) bond motifs is 1. The lowest BCUT2D eigenvalue weighted by molar-refractivity contribution is -0.138. The molecule has 0 N–H and O–H groups in total. The van der Waals surface area contributed by atoms with Crippen molar-refractivity contribution in [2.45, 2.75) is 25.9 Å². The molecule has 1 amide bonds. The van der Waals surface area contributed by atoms with E-state index in [4.69, 9.17) is 4.74 Å². The summed E-state index contributed by atoms with van der Waals surface area (Å²) in [6.45, 7) is 1.86. The zero-order chi connectivity index (χ0) is 17.1. The van der Waals surface area contributed by atoms with Gasteiger partial charge in [0, 0.05) is 45.2 Å². The van der Waals surface area contributed by atoms with Gasteiger partial charge < -0.3 is 9.64 Å². The van der Waals surface area contributed by atoms with Crippen LogP contribution in [0.1, 0.15) is 17.3 Å². The lowest BCUT2D eigenvalue weighted by atomic mass is 9.98. The van der Waals surface area contributed by atoms with Gasteiger partial charge in [-0.3, -0.25) is 9.36 Å². The van der Waals surface area contributed by atoms with E-state index < -0.39 is 0 Å². The Morgan fingerprint density at radius 2 is 2.38 bits per heavy atom. The molecule has 1 aliphatic rings. The molecule has 130 valence electrons. The fraction of sp³-hybridized carbons (Fsp3) is 0.600. The van der Waals surface area contributed by atoms with Crippen molar-refractivity contribution in [1.29, 1.82) is 0 Å². The van der Waals surface area contributed by atoms with E-state index >= 15 is 0 Å². The maximum Gasteiger partial charge on any atom is 0.345 e. The number of aryl methyl sites for hydroxylation is 2. The molecule has 1 aliphatic heterocycles. The molecule has 0 bridgehead atoms. The molecule has 0 saturated carbocycles. The molecule has 1 unspecified atom stereocenters. The first-order valence-electron chi connectivity index (χ1n) is 7.89. The molecule has 0 saturated heterocycles. The van der Waals surface area contributed by atoms with Gasteiger partial charge in [-0.05, 0) is 6.42 Å². The summed E-state index contributed by atoms with van der Waals surface area (Å²) in [6.07, 6.45) is 3.08. The summed E-state index contributed by atoms with van der Waals surface area (Å²) in [5.74, 6) is 0.592. The molecule has 1 atom stereocenters. The van der Waals surface area contributed by atoms with E-state index in [1.165, 1.54) is 16.0 Å². The minimum atomic E-state index is -0.212. The summed E-state index contributed by atoms with van der Waals surface area (Å²) in [7, 11) is 3.26. The smallest absolute Gasteiger partial charge is 0.345 e. The summed E-state index contributed by atoms with van der Waals surface area (Å²) in [6, 6.07) is 0. The summed E-state index contributed by atoms with van der Waals surface area (Å²) in [5.41, 5.74) is -0.161. The van der Waals surface area contributed by atoms with Crippen molar-refractivity contribution in [2.24, 2.45) is 13.0 Å². The number of hydrogen-bond acceptors (Lipinski definition) is 6. The molecule has 0 radical (unpaired) electrons. The zero-order valence-corrected chi connectivity index (χ0v) is 14.7. The van der Waals surface area contributed by atoms with Gasteiger partial charge in [-0.2, -0.15) is 5.10 Å². The SMILES string of the molecule is COCCN(Cc1nccs1)C(=O)C1CCc2nn(C)c(=O)n2C1. The van der Waals surface area contributed by atoms with E-state index in [9.17, 15) is 9.59 Å². The van der Waals surface area contributed by atoms with Gasteiger partial charge in [0.05, 0.1) is 19.1 Å². The zero-order valence-electron chi connectivity index (χ0n) is 13.8. The maximum atomic E-state index is 13.0. The molecule has 0 aromatic carbocycles. The van der Waals surface area contributed by atoms with Crippen LogP contribution in [-0.4, -0.2) is 50.4 Å². The van der Waals surface area contributed by atoms with Crippen molar-refractivity contribution >= 4 is 17.2 Å². The fourth-order valence-corrected chi connectivity index (χ4v) is 3.59. The van der Waals surface area contributed by atoms with Crippen molar-refractivity contribution in [1.82, 2.24) is 24.2 Å². The van der Waals surface area contributed by atoms with E-state index in [-0.39, 0.29) is 17.5 Å². The number of nitrogens with zero attached hydrogens (tertiary/aromatic N) is 5. The normalized spacial score (nSPS) is 16.8. The van der Waals surface area contributed by atoms with E-state index in [1.54, 1.807) is 29.8 Å². The number of amides is 1. The number of ether oxygens (including phenoxy) is 1. The van der Waals surface area contributed by atoms with E-state index in [1.807, 2.05) is 5.38 Å². The van der Waals surface area contributed by atoms with Crippen LogP contribution in [0, 0.1) is 5.92 Å². The quantitative estimate of drug-likeness (QED) is 0.746. The van der Waals surface area contributed by atoms with Crippen LogP contribution in [-0.2, 0) is 36.1 Å². The molecular weight excluding hydrogens is 330 g/mol. The Hall–Kier alpha value is -2.00. The summed E-state index contributed by atoms with van der Waals surface area (Å²) in [5, 5.41) is 7.01. The van der Waals surface area contributed by atoms with Crippen LogP contribution in [0.3, 0.4) is 0 Å². The van der Waals surface area contributed by atoms with E-state index in [0.717, 1.165) is 10.8 Å². The van der Waals surface area contributed by atoms with Gasteiger partial charge in [-0.25, -0.2) is 14.5 Å². The van der Waals surface area contributed by atoms with Gasteiger partial charge in [-0.1, -0.05) is 0 Å². The average molecular weight is 351 g/mol. The minimum Gasteiger partial charge on any atom is -0.383 e. The van der Waals surface area contributed by atoms with E-state index in [0.29, 0.717) is 39.1 Å². The lowest BCUT2D eigenvalue weighted by Crippen LogP contribution is -2.42. The highest BCUT2D eigenvalue weighted by molar-refractivity contribution is 7.09. The fourth-order valence-electron chi connectivity index (χ4n) is 2.96. The van der Waals surface area contributed by atoms with Crippen LogP contribution in [0.2, 0.25) is 0 Å². The molecule has 24 heavy (non-hydrogen) atoms. The highest BCUT2D eigenvalue weighted by Gasteiger charge is 2.30. The third kappa shape index (κ3) is 3.41. The summed E-state index contributed by atoms with van der Waals surface area (Å²) in [4.78, 5) is 31.1. The van der Waals surface area contributed by atoms with Gasteiger partial charge in [-0.15, -0.1) is 11.3 Å². The first-order valence-corrected chi connectivity index (χ1v) is 8.77. The molecule has 2 aromatic rings. The van der Waals surface area contributed by atoms with Gasteiger partial charge in [0.2, 0.25) is 5.91 Å². The lowest BCUT2D eigenvalue weighted by Gasteiger charge is -2.28. The second-order valence-corrected chi connectivity index (χ2v) is 6.83. The highest BCUT2D eigenvalue weighted by Crippen LogP contribution is 2.21. The molecule has 3 rings (SSSR count). The molecule has 3 heterocycles. The van der Waals surface area contributed by atoms with Gasteiger partial charge in [0.1, 0.15) is 10.8 Å². The molecule has 0 fully saturated rings. The third-order valence-electron chi connectivity index (χ3n) is 4.24. The van der Waals surface area contributed by atoms with Crippen LogP contribution in [0.25, 0.3) is 0 Å². The molecule has 8 nitrogen and oxygen atoms in total. The first kappa shape index (κ1) is 16.8. The van der Waals surface area contributed by atoms with Crippen LogP contribution in [0.5, 0.6) is 0 Å². The van der Waals surface area contributed by atoms with Crippen molar-refractivity contribution in [3.63, 3.8) is 0 Å². The Morgan fingerprint density at radius 3 is 3.08 bits per heavy atom. The number of methoxy groups -OCH3 is 1. The molecular formula is C15H21N5O3S. The Balaban J connectivity index is 1.74. The monoisotopic (exact) mass is 351 g/mol. The number of hydrogen-bond donors (Lipinski definition) is 0. The second-order valence-electron chi connectivity index (χ2n) is 5.85. The van der Waals surface area contributed by atoms with Gasteiger partial charge in [0.15, 0.2) is 0 Å². The minimum absolute atomic E-state index is 0.0450. The average Bonchev–Trinajstić information content (AvgIpc) is 3.19. The number of rotatable bonds is 6. The van der Waals surface area contributed by atoms with E-state index in [2.05, 4.69) is 10.1 Å². The van der Waals surface area contributed by atoms with Crippen LogP contribution < -0.4 is 5.69 Å². The molecule has 0 aliphatic carbocycles. The van der Waals surface area contributed by atoms with Crippen molar-refractivity contribution < 1.29 is 9.53 Å². The Labute approximate surface area is 143 Å². The molecule has 9 heteroatoms. The highest BCUT2D eigenvalue weighted by atomic mass is 32.1. The number of carbonyl (C=O) groups is 1. The van der Waals surface area contributed by atoms with Crippen molar-refractivity contribution in [3.05, 3.63) is 32.9 Å². The Morgan fingerprint density at radius 1 is 1.54 bits per heavy atom. The third-order valence-corrected chi connectivity index (χ3v) is 5.00. The Bertz CT molecular complexity index is 752. The van der Waals surface area contributed by atoms with Crippen LogP contribution in [0.15, 0.2) is 16.4 Å². The Kier molecular flexibility index (Phi) is 5.10. The maximum absolute atomic E-state index is 13.0. The standard InChI is InChI=1S/C15H21N5O3S/c1-18-15(22)20-9-11(3-4-12(20)17-18)14(21)19(6-7-23-2)10-13-16-5-8-24-13/h5,8,11H,3-4,6-7,9-10H2,1-2H3. The van der Waals surface area contributed by atoms with Gasteiger partial charge >= 0.3 is 5.69 Å². The van der Waals surface area contributed by atoms with Crippen molar-refractivity contribution in [2.75, 3.05) is 20.3 Å². The van der Waals surface area contributed by atoms with Crippen LogP contribution >= 0.6 is 11.3 Å². The van der Waals surface area contributed by atoms with Gasteiger partial charge in [0.25, 0.3) is 0 Å².